The van der Waals surface area contributed by atoms with E-state index < -0.39 is 43.6 Å². The zero-order chi connectivity index (χ0) is 21.7. The van der Waals surface area contributed by atoms with Crippen LogP contribution in [0.5, 0.6) is 0 Å². The second-order valence-corrected chi connectivity index (χ2v) is 8.24. The summed E-state index contributed by atoms with van der Waals surface area (Å²) in [5.74, 6) is 0.771. The van der Waals surface area contributed by atoms with Crippen molar-refractivity contribution in [3.8, 4) is 0 Å². The summed E-state index contributed by atoms with van der Waals surface area (Å²) in [5.41, 5.74) is 0.880. The summed E-state index contributed by atoms with van der Waals surface area (Å²) in [6, 6.07) is 0. The van der Waals surface area contributed by atoms with Crippen LogP contribution in [-0.4, -0.2) is 69.1 Å². The summed E-state index contributed by atoms with van der Waals surface area (Å²) in [6.07, 6.45) is 1.34. The summed E-state index contributed by atoms with van der Waals surface area (Å²) in [7, 11) is 0. The monoisotopic (exact) mass is 404 g/mol. The van der Waals surface area contributed by atoms with E-state index in [9.17, 15) is 25.2 Å². The van der Waals surface area contributed by atoms with Gasteiger partial charge in [-0.3, -0.25) is 0 Å². The number of carbonyl (C=O) groups is 1. The molecule has 0 aromatic rings. The van der Waals surface area contributed by atoms with Crippen LogP contribution >= 0.6 is 0 Å². The number of carbonyl (C=O) groups excluding carboxylic acids is 1. The first-order chi connectivity index (χ1) is 13.1. The van der Waals surface area contributed by atoms with Gasteiger partial charge in [0.15, 0.2) is 0 Å². The van der Waals surface area contributed by atoms with Crippen LogP contribution in [0.15, 0.2) is 11.6 Å². The molecule has 0 aromatic heterocycles. The van der Waals surface area contributed by atoms with Gasteiger partial charge in [0.05, 0.1) is 6.61 Å². The van der Waals surface area contributed by atoms with E-state index in [0.717, 1.165) is 30.8 Å². The normalized spacial score (nSPS) is 17.9. The third-order valence-corrected chi connectivity index (χ3v) is 4.83. The van der Waals surface area contributed by atoms with E-state index in [2.05, 4.69) is 20.8 Å². The molecule has 0 amide bonds. The van der Waals surface area contributed by atoms with Crippen molar-refractivity contribution < 1.29 is 35.1 Å². The highest BCUT2D eigenvalue weighted by Crippen LogP contribution is 2.19. The number of hydrogen-bond donors (Lipinski definition) is 5. The van der Waals surface area contributed by atoms with Crippen LogP contribution < -0.4 is 0 Å². The number of rotatable bonds is 15. The van der Waals surface area contributed by atoms with Gasteiger partial charge >= 0.3 is 5.97 Å². The Balaban J connectivity index is 4.13. The third-order valence-electron chi connectivity index (χ3n) is 4.83. The average Bonchev–Trinajstić information content (AvgIpc) is 2.63. The van der Waals surface area contributed by atoms with Crippen molar-refractivity contribution in [2.24, 2.45) is 11.8 Å². The highest BCUT2D eigenvalue weighted by atomic mass is 16.5. The molecule has 0 spiro atoms. The lowest BCUT2D eigenvalue weighted by Gasteiger charge is -2.25. The first kappa shape index (κ1) is 27.0. The lowest BCUT2D eigenvalue weighted by Crippen LogP contribution is -2.47. The van der Waals surface area contributed by atoms with E-state index in [-0.39, 0.29) is 0 Å². The van der Waals surface area contributed by atoms with Crippen LogP contribution in [0.1, 0.15) is 66.2 Å². The van der Waals surface area contributed by atoms with Gasteiger partial charge in [-0.15, -0.1) is 0 Å². The summed E-state index contributed by atoms with van der Waals surface area (Å²) < 4.78 is 4.88. The Morgan fingerprint density at radius 3 is 2.07 bits per heavy atom. The van der Waals surface area contributed by atoms with Crippen molar-refractivity contribution in [3.63, 3.8) is 0 Å². The molecule has 0 heterocycles. The number of allylic oxidation sites excluding steroid dienone is 1. The molecule has 7 heteroatoms. The van der Waals surface area contributed by atoms with Gasteiger partial charge in [-0.1, -0.05) is 52.0 Å². The predicted molar refractivity (Wildman–Crippen MR) is 108 cm³/mol. The molecule has 1 unspecified atom stereocenters. The molecule has 5 atom stereocenters. The SMILES string of the molecule is CC(=CC(=O)OC[C@@H](O)[C@@H](O)[C@H](O)[C@H](O)CO)CCCC(C)CCCC(C)C. The minimum absolute atomic E-state index is 0.522. The van der Waals surface area contributed by atoms with Crippen LogP contribution in [0.4, 0.5) is 0 Å². The van der Waals surface area contributed by atoms with E-state index in [0.29, 0.717) is 5.92 Å². The van der Waals surface area contributed by atoms with E-state index in [1.54, 1.807) is 0 Å². The molecule has 5 N–H and O–H groups in total. The molecule has 0 saturated carbocycles. The zero-order valence-corrected chi connectivity index (χ0v) is 17.8. The molecule has 0 aliphatic rings. The van der Waals surface area contributed by atoms with Gasteiger partial charge in [0.2, 0.25) is 0 Å². The average molecular weight is 405 g/mol. The van der Waals surface area contributed by atoms with Crippen molar-refractivity contribution in [2.75, 3.05) is 13.2 Å². The highest BCUT2D eigenvalue weighted by Gasteiger charge is 2.30. The van der Waals surface area contributed by atoms with Crippen molar-refractivity contribution in [1.29, 1.82) is 0 Å². The Morgan fingerprint density at radius 1 is 0.929 bits per heavy atom. The van der Waals surface area contributed by atoms with Crippen molar-refractivity contribution >= 4 is 5.97 Å². The van der Waals surface area contributed by atoms with Gasteiger partial charge in [-0.25, -0.2) is 4.79 Å². The Labute approximate surface area is 169 Å². The van der Waals surface area contributed by atoms with Gasteiger partial charge in [-0.2, -0.15) is 0 Å². The maximum atomic E-state index is 11.8. The van der Waals surface area contributed by atoms with Crippen molar-refractivity contribution in [2.45, 2.75) is 90.6 Å². The molecular weight excluding hydrogens is 364 g/mol. The van der Waals surface area contributed by atoms with E-state index in [1.807, 2.05) is 6.92 Å². The maximum Gasteiger partial charge on any atom is 0.330 e. The fraction of sp³-hybridized carbons (Fsp3) is 0.857. The Bertz CT molecular complexity index is 450. The van der Waals surface area contributed by atoms with Crippen molar-refractivity contribution in [1.82, 2.24) is 0 Å². The van der Waals surface area contributed by atoms with E-state index in [1.165, 1.54) is 25.3 Å². The van der Waals surface area contributed by atoms with Crippen LogP contribution in [0, 0.1) is 11.8 Å². The number of hydrogen-bond acceptors (Lipinski definition) is 7. The fourth-order valence-corrected chi connectivity index (χ4v) is 2.89. The molecule has 0 aliphatic carbocycles. The third kappa shape index (κ3) is 12.5. The molecule has 0 bridgehead atoms. The molecule has 0 aliphatic heterocycles. The number of esters is 1. The maximum absolute atomic E-state index is 11.8. The van der Waals surface area contributed by atoms with Crippen LogP contribution in [0.2, 0.25) is 0 Å². The number of aliphatic hydroxyl groups is 5. The summed E-state index contributed by atoms with van der Waals surface area (Å²) in [5, 5.41) is 46.9. The molecule has 0 saturated heterocycles. The molecule has 0 aromatic carbocycles. The van der Waals surface area contributed by atoms with Crippen LogP contribution in [0.25, 0.3) is 0 Å². The number of ether oxygens (including phenoxy) is 1. The first-order valence-corrected chi connectivity index (χ1v) is 10.3. The van der Waals surface area contributed by atoms with Gasteiger partial charge in [0.25, 0.3) is 0 Å². The minimum Gasteiger partial charge on any atom is -0.460 e. The second kappa shape index (κ2) is 14.9. The Hall–Kier alpha value is -0.990. The van der Waals surface area contributed by atoms with Gasteiger partial charge in [0.1, 0.15) is 31.0 Å². The molecule has 0 rings (SSSR count). The minimum atomic E-state index is -1.74. The molecule has 0 fully saturated rings. The lowest BCUT2D eigenvalue weighted by molar-refractivity contribution is -0.151. The Morgan fingerprint density at radius 2 is 1.50 bits per heavy atom. The van der Waals surface area contributed by atoms with Crippen LogP contribution in [-0.2, 0) is 9.53 Å². The topological polar surface area (TPSA) is 127 Å². The van der Waals surface area contributed by atoms with Crippen LogP contribution in [0.3, 0.4) is 0 Å². The first-order valence-electron chi connectivity index (χ1n) is 10.3. The lowest BCUT2D eigenvalue weighted by atomic mass is 9.94. The molecule has 166 valence electrons. The smallest absolute Gasteiger partial charge is 0.330 e. The van der Waals surface area contributed by atoms with E-state index in [4.69, 9.17) is 9.84 Å². The summed E-state index contributed by atoms with van der Waals surface area (Å²) in [6.45, 7) is 7.28. The number of aliphatic hydroxyl groups excluding tert-OH is 5. The molecule has 0 radical (unpaired) electrons. The highest BCUT2D eigenvalue weighted by molar-refractivity contribution is 5.82. The predicted octanol–water partition coefficient (Wildman–Crippen LogP) is 1.54. The molecule has 7 nitrogen and oxygen atoms in total. The van der Waals surface area contributed by atoms with E-state index >= 15 is 0 Å². The zero-order valence-electron chi connectivity index (χ0n) is 17.8. The van der Waals surface area contributed by atoms with Gasteiger partial charge < -0.3 is 30.3 Å². The van der Waals surface area contributed by atoms with Gasteiger partial charge in [0, 0.05) is 6.08 Å². The molecular formula is C21H40O7. The standard InChI is InChI=1S/C21H40O7/c1-14(2)7-5-8-15(3)9-6-10-16(4)11-19(25)28-13-18(24)21(27)20(26)17(23)12-22/h11,14-15,17-18,20-24,26-27H,5-10,12-13H2,1-4H3/t15?,17-,18-,20-,21-/m1/s1. The second-order valence-electron chi connectivity index (χ2n) is 8.24. The van der Waals surface area contributed by atoms with Gasteiger partial charge in [-0.05, 0) is 31.6 Å². The Kier molecular flexibility index (Phi) is 14.4. The summed E-state index contributed by atoms with van der Waals surface area (Å²) >= 11 is 0. The quantitative estimate of drug-likeness (QED) is 0.207. The largest absolute Gasteiger partial charge is 0.460 e. The molecule has 28 heavy (non-hydrogen) atoms. The summed E-state index contributed by atoms with van der Waals surface area (Å²) in [4.78, 5) is 11.8. The fourth-order valence-electron chi connectivity index (χ4n) is 2.89. The van der Waals surface area contributed by atoms with Crippen molar-refractivity contribution in [3.05, 3.63) is 11.6 Å².